The van der Waals surface area contributed by atoms with E-state index < -0.39 is 6.10 Å². The number of pyridine rings is 1. The van der Waals surface area contributed by atoms with E-state index in [2.05, 4.69) is 4.98 Å². The predicted molar refractivity (Wildman–Crippen MR) is 73.8 cm³/mol. The lowest BCUT2D eigenvalue weighted by molar-refractivity contribution is 0.178. The first-order valence-corrected chi connectivity index (χ1v) is 6.30. The van der Waals surface area contributed by atoms with Crippen LogP contribution in [0.3, 0.4) is 0 Å². The maximum Gasteiger partial charge on any atom is 0.0831 e. The van der Waals surface area contributed by atoms with Crippen LogP contribution in [0.15, 0.2) is 36.4 Å². The Kier molecular flexibility index (Phi) is 4.00. The summed E-state index contributed by atoms with van der Waals surface area (Å²) in [6.07, 6.45) is 0.0348. The van der Waals surface area contributed by atoms with E-state index in [9.17, 15) is 5.11 Å². The van der Waals surface area contributed by atoms with Gasteiger partial charge in [0.15, 0.2) is 0 Å². The van der Waals surface area contributed by atoms with Gasteiger partial charge in [0.05, 0.1) is 6.10 Å². The fraction of sp³-hybridized carbons (Fsp3) is 0.267. The average Bonchev–Trinajstić information content (AvgIpc) is 2.27. The lowest BCUT2D eigenvalue weighted by Crippen LogP contribution is -2.03. The highest BCUT2D eigenvalue weighted by atomic mass is 35.5. The van der Waals surface area contributed by atoms with Gasteiger partial charge in [0, 0.05) is 22.8 Å². The highest BCUT2D eigenvalue weighted by Crippen LogP contribution is 2.21. The molecule has 0 saturated heterocycles. The molecule has 1 heterocycles. The van der Waals surface area contributed by atoms with Gasteiger partial charge < -0.3 is 5.11 Å². The molecule has 94 valence electrons. The van der Waals surface area contributed by atoms with Gasteiger partial charge in [0.1, 0.15) is 0 Å². The van der Waals surface area contributed by atoms with E-state index in [1.165, 1.54) is 0 Å². The Labute approximate surface area is 112 Å². The highest BCUT2D eigenvalue weighted by Gasteiger charge is 2.10. The van der Waals surface area contributed by atoms with Crippen LogP contribution in [0.4, 0.5) is 0 Å². The van der Waals surface area contributed by atoms with Gasteiger partial charge in [-0.2, -0.15) is 0 Å². The minimum absolute atomic E-state index is 0.524. The first-order chi connectivity index (χ1) is 8.54. The minimum Gasteiger partial charge on any atom is -0.388 e. The Morgan fingerprint density at radius 3 is 2.44 bits per heavy atom. The van der Waals surface area contributed by atoms with E-state index in [0.717, 1.165) is 22.5 Å². The summed E-state index contributed by atoms with van der Waals surface area (Å²) >= 11 is 5.93. The van der Waals surface area contributed by atoms with Crippen molar-refractivity contribution < 1.29 is 5.11 Å². The number of aromatic nitrogens is 1. The van der Waals surface area contributed by atoms with Crippen molar-refractivity contribution in [3.63, 3.8) is 0 Å². The summed E-state index contributed by atoms with van der Waals surface area (Å²) in [7, 11) is 0. The maximum atomic E-state index is 10.2. The van der Waals surface area contributed by atoms with Gasteiger partial charge in [0.2, 0.25) is 0 Å². The number of nitrogens with zero attached hydrogens (tertiary/aromatic N) is 1. The molecule has 0 aliphatic heterocycles. The quantitative estimate of drug-likeness (QED) is 0.915. The van der Waals surface area contributed by atoms with Gasteiger partial charge in [-0.25, -0.2) is 0 Å². The van der Waals surface area contributed by atoms with E-state index in [-0.39, 0.29) is 0 Å². The number of aliphatic hydroxyl groups excluding tert-OH is 1. The lowest BCUT2D eigenvalue weighted by atomic mass is 10.0. The Bertz CT molecular complexity index is 534. The first kappa shape index (κ1) is 13.1. The van der Waals surface area contributed by atoms with Gasteiger partial charge in [-0.3, -0.25) is 4.98 Å². The number of aryl methyl sites for hydroxylation is 2. The van der Waals surface area contributed by atoms with E-state index in [1.54, 1.807) is 0 Å². The number of hydrogen-bond donors (Lipinski definition) is 1. The van der Waals surface area contributed by atoms with Crippen molar-refractivity contribution in [2.45, 2.75) is 26.4 Å². The van der Waals surface area contributed by atoms with Gasteiger partial charge in [-0.15, -0.1) is 0 Å². The number of benzene rings is 1. The lowest BCUT2D eigenvalue weighted by Gasteiger charge is -2.12. The largest absolute Gasteiger partial charge is 0.388 e. The molecule has 1 unspecified atom stereocenters. The summed E-state index contributed by atoms with van der Waals surface area (Å²) in [6.45, 7) is 3.87. The summed E-state index contributed by atoms with van der Waals surface area (Å²) < 4.78 is 0. The molecule has 1 aromatic heterocycles. The molecule has 0 fully saturated rings. The Morgan fingerprint density at radius 1 is 1.17 bits per heavy atom. The smallest absolute Gasteiger partial charge is 0.0831 e. The molecule has 1 aromatic carbocycles. The van der Waals surface area contributed by atoms with Crippen LogP contribution in [0.1, 0.15) is 28.6 Å². The fourth-order valence-corrected chi connectivity index (χ4v) is 2.28. The van der Waals surface area contributed by atoms with Crippen molar-refractivity contribution in [3.05, 3.63) is 63.9 Å². The van der Waals surface area contributed by atoms with Crippen molar-refractivity contribution in [3.8, 4) is 0 Å². The third-order valence-electron chi connectivity index (χ3n) is 2.81. The highest BCUT2D eigenvalue weighted by molar-refractivity contribution is 6.30. The molecule has 0 aliphatic rings. The molecule has 2 rings (SSSR count). The van der Waals surface area contributed by atoms with Crippen LogP contribution in [0.25, 0.3) is 0 Å². The first-order valence-electron chi connectivity index (χ1n) is 5.92. The van der Waals surface area contributed by atoms with E-state index in [1.807, 2.05) is 50.2 Å². The molecular formula is C15H16ClNO. The van der Waals surface area contributed by atoms with Gasteiger partial charge in [-0.1, -0.05) is 23.7 Å². The molecular weight excluding hydrogens is 246 g/mol. The predicted octanol–water partition coefficient (Wildman–Crippen LogP) is 3.63. The number of aliphatic hydroxyl groups is 1. The van der Waals surface area contributed by atoms with Crippen LogP contribution in [0.5, 0.6) is 0 Å². The summed E-state index contributed by atoms with van der Waals surface area (Å²) in [6, 6.07) is 11.4. The molecule has 18 heavy (non-hydrogen) atoms. The van der Waals surface area contributed by atoms with E-state index in [4.69, 9.17) is 11.6 Å². The minimum atomic E-state index is -0.524. The summed E-state index contributed by atoms with van der Waals surface area (Å²) in [5.74, 6) is 0. The van der Waals surface area contributed by atoms with Crippen LogP contribution in [-0.2, 0) is 6.42 Å². The third kappa shape index (κ3) is 3.31. The fourth-order valence-electron chi connectivity index (χ4n) is 2.06. The second-order valence-electron chi connectivity index (χ2n) is 4.53. The van der Waals surface area contributed by atoms with Crippen LogP contribution in [-0.4, -0.2) is 10.1 Å². The topological polar surface area (TPSA) is 33.1 Å². The van der Waals surface area contributed by atoms with Gasteiger partial charge in [-0.05, 0) is 49.2 Å². The van der Waals surface area contributed by atoms with Gasteiger partial charge in [0.25, 0.3) is 0 Å². The molecule has 0 spiro atoms. The van der Waals surface area contributed by atoms with Crippen molar-refractivity contribution in [1.82, 2.24) is 4.98 Å². The summed E-state index contributed by atoms with van der Waals surface area (Å²) in [4.78, 5) is 4.31. The van der Waals surface area contributed by atoms with E-state index >= 15 is 0 Å². The molecule has 0 amide bonds. The summed E-state index contributed by atoms with van der Waals surface area (Å²) in [5, 5.41) is 10.9. The second kappa shape index (κ2) is 5.51. The molecule has 0 bridgehead atoms. The molecule has 2 aromatic rings. The zero-order valence-corrected chi connectivity index (χ0v) is 11.3. The molecule has 0 aliphatic carbocycles. The third-order valence-corrected chi connectivity index (χ3v) is 3.04. The SMILES string of the molecule is Cc1cc(C(O)Cc2cccc(Cl)c2)cc(C)n1. The normalized spacial score (nSPS) is 12.4. The zero-order valence-electron chi connectivity index (χ0n) is 10.5. The van der Waals surface area contributed by atoms with Crippen LogP contribution >= 0.6 is 11.6 Å². The van der Waals surface area contributed by atoms with Gasteiger partial charge >= 0.3 is 0 Å². The Balaban J connectivity index is 2.19. The molecule has 1 atom stereocenters. The second-order valence-corrected chi connectivity index (χ2v) is 4.97. The van der Waals surface area contributed by atoms with Crippen molar-refractivity contribution in [2.24, 2.45) is 0 Å². The molecule has 3 heteroatoms. The molecule has 0 saturated carbocycles. The monoisotopic (exact) mass is 261 g/mol. The van der Waals surface area contributed by atoms with Crippen LogP contribution < -0.4 is 0 Å². The molecule has 2 nitrogen and oxygen atoms in total. The number of halogens is 1. The van der Waals surface area contributed by atoms with Crippen molar-refractivity contribution in [2.75, 3.05) is 0 Å². The number of hydrogen-bond acceptors (Lipinski definition) is 2. The van der Waals surface area contributed by atoms with Crippen LogP contribution in [0.2, 0.25) is 5.02 Å². The van der Waals surface area contributed by atoms with E-state index in [0.29, 0.717) is 11.4 Å². The van der Waals surface area contributed by atoms with Crippen molar-refractivity contribution in [1.29, 1.82) is 0 Å². The molecule has 0 radical (unpaired) electrons. The molecule has 1 N–H and O–H groups in total. The number of rotatable bonds is 3. The standard InChI is InChI=1S/C15H16ClNO/c1-10-6-13(7-11(2)17-10)15(18)9-12-4-3-5-14(16)8-12/h3-8,15,18H,9H2,1-2H3. The zero-order chi connectivity index (χ0) is 13.1. The summed E-state index contributed by atoms with van der Waals surface area (Å²) in [5.41, 5.74) is 3.78. The maximum absolute atomic E-state index is 10.2. The Hall–Kier alpha value is -1.38. The van der Waals surface area contributed by atoms with Crippen molar-refractivity contribution >= 4 is 11.6 Å². The average molecular weight is 262 g/mol. The Morgan fingerprint density at radius 2 is 1.83 bits per heavy atom. The van der Waals surface area contributed by atoms with Crippen LogP contribution in [0, 0.1) is 13.8 Å².